The van der Waals surface area contributed by atoms with E-state index in [9.17, 15) is 24.2 Å². The van der Waals surface area contributed by atoms with Gasteiger partial charge in [0.05, 0.1) is 46.1 Å². The lowest BCUT2D eigenvalue weighted by atomic mass is 9.99. The summed E-state index contributed by atoms with van der Waals surface area (Å²) in [5.74, 6) is -1.35. The summed E-state index contributed by atoms with van der Waals surface area (Å²) in [5.41, 5.74) is 10.9. The van der Waals surface area contributed by atoms with Gasteiger partial charge in [0.1, 0.15) is 30.2 Å². The number of ether oxygens (including phenoxy) is 2. The zero-order chi connectivity index (χ0) is 33.2. The molecule has 7 rings (SSSR count). The molecule has 0 amide bonds. The van der Waals surface area contributed by atoms with Crippen LogP contribution in [0.3, 0.4) is 0 Å². The van der Waals surface area contributed by atoms with Gasteiger partial charge in [0.15, 0.2) is 41.3 Å². The number of aromatic nitrogens is 8. The third-order valence-corrected chi connectivity index (χ3v) is 10.1. The van der Waals surface area contributed by atoms with Crippen LogP contribution in [0.5, 0.6) is 0 Å². The average molecular weight is 699 g/mol. The van der Waals surface area contributed by atoms with Crippen LogP contribution in [0.15, 0.2) is 23.8 Å². The number of aliphatic hydroxyl groups is 1. The smallest absolute Gasteiger partial charge is 0.428 e. The van der Waals surface area contributed by atoms with Crippen molar-refractivity contribution in [3.8, 4) is 0 Å². The number of nitrogens with two attached hydrogens (primary N) is 2. The predicted octanol–water partition coefficient (Wildman–Crippen LogP) is -0.954. The van der Waals surface area contributed by atoms with Crippen LogP contribution >= 0.6 is 15.2 Å². The lowest BCUT2D eigenvalue weighted by Crippen LogP contribution is -2.35. The predicted molar refractivity (Wildman–Crippen MR) is 153 cm³/mol. The quantitative estimate of drug-likeness (QED) is 0.0849. The third kappa shape index (κ3) is 5.64. The second-order valence-corrected chi connectivity index (χ2v) is 13.9. The molecule has 3 aliphatic rings. The molecule has 0 spiro atoms. The highest BCUT2D eigenvalue weighted by Crippen LogP contribution is 2.54. The summed E-state index contributed by atoms with van der Waals surface area (Å²) in [6.45, 7) is -2.13. The molecule has 3 radical (unpaired) electrons. The van der Waals surface area contributed by atoms with Gasteiger partial charge in [-0.15, -0.1) is 5.25 Å². The van der Waals surface area contributed by atoms with Crippen LogP contribution in [0.4, 0.5) is 16.2 Å². The summed E-state index contributed by atoms with van der Waals surface area (Å²) in [4.78, 5) is 34.8. The summed E-state index contributed by atoms with van der Waals surface area (Å²) in [5, 5.41) is 21.6. The Morgan fingerprint density at radius 3 is 2.45 bits per heavy atom. The summed E-state index contributed by atoms with van der Waals surface area (Å²) in [7, 11) is -3.45. The number of H-pyrrole nitrogens is 1. The minimum absolute atomic E-state index is 0.0129. The first-order valence-electron chi connectivity index (χ1n) is 13.7. The molecule has 26 heteroatoms. The standard InChI is InChI=1S/C21H25BFN11O11P2/c22-46(38)40-3-9-14(10(23)19(43-9)33-5-28-11-15(24)26-4-27-16(11)33)45-47(39,32-37)41-2-8-7(1-35)13(44-46)20(42-8)34-6-29-12-17(34)30-21(25)31-18(12)36/h4-10,13-14,19-20,35,37H,1-3H2,(H,32,39)(H2,24,26,27)(H3,25,30,31,36)/q-1/t7?,8-,9-,10+,13+,14?,19-,20-,46+,47?/m1/s1. The molecule has 22 nitrogen and oxygen atoms in total. The van der Waals surface area contributed by atoms with E-state index in [2.05, 4.69) is 29.9 Å². The zero-order valence-corrected chi connectivity index (χ0v) is 25.5. The number of fused-ring (bicyclic) bond motifs is 5. The van der Waals surface area contributed by atoms with Gasteiger partial charge in [-0.05, 0) is 0 Å². The van der Waals surface area contributed by atoms with Crippen molar-refractivity contribution >= 4 is 56.9 Å². The van der Waals surface area contributed by atoms with Crippen LogP contribution in [0, 0.1) is 5.92 Å². The Morgan fingerprint density at radius 2 is 1.70 bits per heavy atom. The fourth-order valence-electron chi connectivity index (χ4n) is 5.67. The van der Waals surface area contributed by atoms with Crippen molar-refractivity contribution < 1.29 is 51.4 Å². The first-order valence-corrected chi connectivity index (χ1v) is 16.8. The number of hydrogen-bond acceptors (Lipinski definition) is 18. The fraction of sp³-hybridized carbons (Fsp3) is 0.524. The molecule has 0 saturated carbocycles. The van der Waals surface area contributed by atoms with Crippen molar-refractivity contribution in [2.24, 2.45) is 5.92 Å². The minimum atomic E-state index is -4.80. The molecule has 3 aliphatic heterocycles. The third-order valence-electron chi connectivity index (χ3n) is 7.84. The van der Waals surface area contributed by atoms with E-state index in [-0.39, 0.29) is 34.1 Å². The zero-order valence-electron chi connectivity index (χ0n) is 23.7. The van der Waals surface area contributed by atoms with Crippen molar-refractivity contribution in [3.05, 3.63) is 29.3 Å². The van der Waals surface area contributed by atoms with Gasteiger partial charge < -0.3 is 52.4 Å². The number of nitrogen functional groups attached to an aromatic ring is 2. The van der Waals surface area contributed by atoms with Crippen molar-refractivity contribution in [2.45, 2.75) is 43.0 Å². The number of alkyl halides is 1. The van der Waals surface area contributed by atoms with E-state index < -0.39 is 89.6 Å². The number of hydrogen-bond donors (Lipinski definition) is 6. The van der Waals surface area contributed by atoms with E-state index in [1.807, 2.05) is 0 Å². The molecule has 3 unspecified atom stereocenters. The minimum Gasteiger partial charge on any atom is -0.444 e. The number of rotatable bonds is 4. The van der Waals surface area contributed by atoms with Gasteiger partial charge in [-0.3, -0.25) is 28.0 Å². The number of aliphatic hydroxyl groups excluding tert-OH is 1. The number of aromatic amines is 1. The topological polar surface area (TPSA) is 301 Å². The molecule has 0 aliphatic carbocycles. The molecule has 251 valence electrons. The first kappa shape index (κ1) is 32.2. The van der Waals surface area contributed by atoms with Crippen molar-refractivity contribution in [2.75, 3.05) is 31.3 Å². The van der Waals surface area contributed by atoms with Crippen LogP contribution < -0.4 is 22.3 Å². The van der Waals surface area contributed by atoms with Crippen LogP contribution in [-0.4, -0.2) is 107 Å². The molecular formula is C21H25BFN11O11P2-. The molecule has 10 atom stereocenters. The summed E-state index contributed by atoms with van der Waals surface area (Å²) in [6.07, 6.45) is -7.48. The van der Waals surface area contributed by atoms with E-state index in [0.717, 1.165) is 12.7 Å². The van der Waals surface area contributed by atoms with E-state index in [4.69, 9.17) is 46.6 Å². The molecule has 0 aromatic carbocycles. The average Bonchev–Trinajstić information content (AvgIpc) is 3.79. The van der Waals surface area contributed by atoms with Crippen molar-refractivity contribution in [1.82, 2.24) is 44.3 Å². The van der Waals surface area contributed by atoms with Gasteiger partial charge in [0, 0.05) is 5.92 Å². The molecule has 4 aromatic heterocycles. The van der Waals surface area contributed by atoms with E-state index >= 15 is 4.39 Å². The van der Waals surface area contributed by atoms with Crippen LogP contribution in [0.1, 0.15) is 12.5 Å². The Kier molecular flexibility index (Phi) is 8.16. The Labute approximate surface area is 262 Å². The maximum absolute atomic E-state index is 16.1. The van der Waals surface area contributed by atoms with Crippen LogP contribution in [0.25, 0.3) is 22.3 Å². The highest BCUT2D eigenvalue weighted by atomic mass is 31.2. The normalized spacial score (nSPS) is 36.6. The molecule has 7 heterocycles. The maximum Gasteiger partial charge on any atom is 0.428 e. The van der Waals surface area contributed by atoms with Gasteiger partial charge in [-0.25, -0.2) is 28.9 Å². The highest BCUT2D eigenvalue weighted by molar-refractivity contribution is 7.79. The highest BCUT2D eigenvalue weighted by Gasteiger charge is 2.53. The second-order valence-electron chi connectivity index (χ2n) is 10.6. The number of anilines is 2. The Hall–Kier alpha value is -3.41. The summed E-state index contributed by atoms with van der Waals surface area (Å²) in [6, 6.07) is 0. The number of imidazole rings is 2. The van der Waals surface area contributed by atoms with Gasteiger partial charge in [-0.1, -0.05) is 0 Å². The lowest BCUT2D eigenvalue weighted by Gasteiger charge is -2.34. The fourth-order valence-corrected chi connectivity index (χ4v) is 7.77. The Balaban J connectivity index is 1.24. The molecule has 4 aromatic rings. The lowest BCUT2D eigenvalue weighted by molar-refractivity contribution is -0.0600. The molecule has 3 saturated heterocycles. The Bertz CT molecular complexity index is 1980. The monoisotopic (exact) mass is 699 g/mol. The maximum atomic E-state index is 16.1. The van der Waals surface area contributed by atoms with Crippen LogP contribution in [-0.2, 0) is 36.7 Å². The van der Waals surface area contributed by atoms with Gasteiger partial charge in [0.25, 0.3) is 5.56 Å². The van der Waals surface area contributed by atoms with E-state index in [0.29, 0.717) is 0 Å². The largest absolute Gasteiger partial charge is 0.444 e. The Morgan fingerprint density at radius 1 is 1.00 bits per heavy atom. The number of halogens is 1. The van der Waals surface area contributed by atoms with Crippen LogP contribution in [0.2, 0.25) is 0 Å². The number of nitrogens with zero attached hydrogens (tertiary/aromatic N) is 7. The van der Waals surface area contributed by atoms with Gasteiger partial charge in [0.2, 0.25) is 5.95 Å². The first-order chi connectivity index (χ1) is 22.4. The molecule has 3 fully saturated rings. The molecule has 2 bridgehead atoms. The van der Waals surface area contributed by atoms with E-state index in [1.165, 1.54) is 20.7 Å². The van der Waals surface area contributed by atoms with Gasteiger partial charge in [-0.2, -0.15) is 4.98 Å². The molecule has 47 heavy (non-hydrogen) atoms. The SMILES string of the molecule is [B-][P@]1(=O)OC[C@H]2O[C@@H](n3cnc4c(N)ncnc43)[C@@H](F)C2OP(=O)(NO)OC[C@H]2O[C@@H](n3cnc4c(=O)[nH]c(N)nc43)[C@@H](O1)C2CO. The summed E-state index contributed by atoms with van der Waals surface area (Å²) >= 11 is 0. The molecule has 8 N–H and O–H groups in total. The summed E-state index contributed by atoms with van der Waals surface area (Å²) < 4.78 is 79.6. The van der Waals surface area contributed by atoms with Crippen molar-refractivity contribution in [3.63, 3.8) is 0 Å². The molecular weight excluding hydrogens is 674 g/mol. The number of nitrogens with one attached hydrogen (secondary N) is 2. The van der Waals surface area contributed by atoms with E-state index in [1.54, 1.807) is 0 Å². The second kappa shape index (κ2) is 11.9. The van der Waals surface area contributed by atoms with Crippen molar-refractivity contribution in [1.29, 1.82) is 0 Å². The van der Waals surface area contributed by atoms with Gasteiger partial charge >= 0.3 is 7.75 Å².